The average Bonchev–Trinajstić information content (AvgIpc) is 3.32. The van der Waals surface area contributed by atoms with Gasteiger partial charge in [-0.2, -0.15) is 0 Å². The number of carbonyl (C=O) groups excluding carboxylic acids is 2. The molecule has 10 heteroatoms. The zero-order valence-corrected chi connectivity index (χ0v) is 43.5. The number of unbranched alkanes of at least 4 members (excludes halogenated alkanes) is 20. The molecule has 0 aliphatic heterocycles. The molecule has 0 rings (SSSR count). The molecule has 0 saturated carbocycles. The van der Waals surface area contributed by atoms with E-state index >= 15 is 0 Å². The van der Waals surface area contributed by atoms with E-state index in [4.69, 9.17) is 24.3 Å². The third kappa shape index (κ3) is 52.2. The third-order valence-corrected chi connectivity index (χ3v) is 11.9. The molecule has 2 atom stereocenters. The molecule has 9 nitrogen and oxygen atoms in total. The highest BCUT2D eigenvalue weighted by atomic mass is 31.2. The van der Waals surface area contributed by atoms with Gasteiger partial charge in [-0.1, -0.05) is 207 Å². The third-order valence-electron chi connectivity index (χ3n) is 11.0. The minimum atomic E-state index is -4.40. The minimum absolute atomic E-state index is 0.0450. The predicted octanol–water partition coefficient (Wildman–Crippen LogP) is 16.5. The van der Waals surface area contributed by atoms with Gasteiger partial charge in [-0.05, 0) is 96.3 Å². The SMILES string of the molecule is CC/C=C\C/C=C\C/C=C\C/C=C\C/C=C\C/C=C\CCCCCCCCC(=O)OC(COC(=O)CCCCCCCCCCC/C=C\C/C=C\CCCCCCC)COP(=O)(O)OCCN. The molecule has 3 N–H and O–H groups in total. The van der Waals surface area contributed by atoms with Crippen molar-refractivity contribution in [3.8, 4) is 0 Å². The van der Waals surface area contributed by atoms with Crippen LogP contribution in [-0.2, 0) is 32.7 Å². The fraction of sp³-hybridized carbons (Fsp3) is 0.684. The first kappa shape index (κ1) is 63.9. The van der Waals surface area contributed by atoms with Crippen LogP contribution in [0.2, 0.25) is 0 Å². The van der Waals surface area contributed by atoms with E-state index in [0.29, 0.717) is 6.42 Å². The monoisotopic (exact) mass is 956 g/mol. The van der Waals surface area contributed by atoms with Gasteiger partial charge in [0.15, 0.2) is 6.10 Å². The van der Waals surface area contributed by atoms with Gasteiger partial charge in [0, 0.05) is 19.4 Å². The maximum Gasteiger partial charge on any atom is 0.472 e. The Kier molecular flexibility index (Phi) is 49.9. The van der Waals surface area contributed by atoms with Gasteiger partial charge in [0.2, 0.25) is 0 Å². The molecule has 0 fully saturated rings. The van der Waals surface area contributed by atoms with Crippen molar-refractivity contribution in [3.05, 3.63) is 97.2 Å². The smallest absolute Gasteiger partial charge is 0.462 e. The van der Waals surface area contributed by atoms with E-state index in [0.717, 1.165) is 116 Å². The summed E-state index contributed by atoms with van der Waals surface area (Å²) in [5.41, 5.74) is 5.37. The summed E-state index contributed by atoms with van der Waals surface area (Å²) in [6.07, 6.45) is 68.7. The summed E-state index contributed by atoms with van der Waals surface area (Å²) in [4.78, 5) is 35.1. The fourth-order valence-electron chi connectivity index (χ4n) is 7.02. The molecule has 0 spiro atoms. The summed E-state index contributed by atoms with van der Waals surface area (Å²) in [6, 6.07) is 0. The zero-order valence-electron chi connectivity index (χ0n) is 42.6. The van der Waals surface area contributed by atoms with Crippen molar-refractivity contribution in [2.75, 3.05) is 26.4 Å². The van der Waals surface area contributed by atoms with E-state index in [1.807, 2.05) is 0 Å². The maximum atomic E-state index is 12.7. The van der Waals surface area contributed by atoms with Crippen LogP contribution in [0.4, 0.5) is 0 Å². The second kappa shape index (κ2) is 52.3. The van der Waals surface area contributed by atoms with Gasteiger partial charge in [0.25, 0.3) is 0 Å². The number of ether oxygens (including phenoxy) is 2. The molecule has 0 aromatic rings. The minimum Gasteiger partial charge on any atom is -0.462 e. The number of phosphoric ester groups is 1. The highest BCUT2D eigenvalue weighted by molar-refractivity contribution is 7.47. The van der Waals surface area contributed by atoms with E-state index < -0.39 is 32.5 Å². The Bertz CT molecular complexity index is 1410. The standard InChI is InChI=1S/C57H98NO8P/c1-3-5-7-9-11-13-15-17-19-21-23-25-26-27-28-30-32-34-36-38-40-42-44-46-48-50-57(60)66-55(54-65-67(61,62)64-52-51-58)53-63-56(59)49-47-45-43-41-39-37-35-33-31-29-24-22-20-18-16-14-12-10-8-6-4-2/h5,7,11,13,16-19,22-25,27-28,32,34,55H,3-4,6,8-10,12,14-15,20-21,26,29-31,33,35-54,58H2,1-2H3,(H,61,62)/b7-5-,13-11-,18-16-,19-17-,24-22-,25-23-,28-27-,34-32-. The van der Waals surface area contributed by atoms with Crippen LogP contribution >= 0.6 is 7.82 Å². The van der Waals surface area contributed by atoms with Crippen LogP contribution in [0.1, 0.15) is 219 Å². The van der Waals surface area contributed by atoms with Crippen molar-refractivity contribution in [1.29, 1.82) is 0 Å². The van der Waals surface area contributed by atoms with Gasteiger partial charge >= 0.3 is 19.8 Å². The number of rotatable bonds is 49. The van der Waals surface area contributed by atoms with E-state index in [2.05, 4.69) is 111 Å². The molecule has 0 aliphatic rings. The molecule has 0 radical (unpaired) electrons. The summed E-state index contributed by atoms with van der Waals surface area (Å²) >= 11 is 0. The van der Waals surface area contributed by atoms with Crippen LogP contribution < -0.4 is 5.73 Å². The lowest BCUT2D eigenvalue weighted by atomic mass is 10.1. The molecule has 0 aromatic heterocycles. The van der Waals surface area contributed by atoms with Gasteiger partial charge < -0.3 is 20.1 Å². The second-order valence-electron chi connectivity index (χ2n) is 17.4. The van der Waals surface area contributed by atoms with E-state index in [1.165, 1.54) is 70.6 Å². The molecule has 0 bridgehead atoms. The van der Waals surface area contributed by atoms with Crippen molar-refractivity contribution in [2.45, 2.75) is 225 Å². The number of esters is 2. The zero-order chi connectivity index (χ0) is 48.8. The second-order valence-corrected chi connectivity index (χ2v) is 18.8. The number of carbonyl (C=O) groups is 2. The Labute approximate surface area is 410 Å². The molecule has 0 amide bonds. The number of hydrogen-bond donors (Lipinski definition) is 2. The molecule has 0 heterocycles. The van der Waals surface area contributed by atoms with Gasteiger partial charge in [-0.15, -0.1) is 0 Å². The summed E-state index contributed by atoms with van der Waals surface area (Å²) < 4.78 is 33.0. The molecule has 2 unspecified atom stereocenters. The number of hydrogen-bond acceptors (Lipinski definition) is 8. The molecule has 0 aliphatic carbocycles. The van der Waals surface area contributed by atoms with Crippen LogP contribution in [0.25, 0.3) is 0 Å². The van der Waals surface area contributed by atoms with Crippen LogP contribution in [0.5, 0.6) is 0 Å². The average molecular weight is 956 g/mol. The molecule has 384 valence electrons. The highest BCUT2D eigenvalue weighted by Gasteiger charge is 2.26. The fourth-order valence-corrected chi connectivity index (χ4v) is 7.79. The van der Waals surface area contributed by atoms with Gasteiger partial charge in [0.05, 0.1) is 13.2 Å². The normalized spacial score (nSPS) is 13.9. The molecule has 0 aromatic carbocycles. The first-order chi connectivity index (χ1) is 32.8. The maximum absolute atomic E-state index is 12.7. The number of phosphoric acid groups is 1. The Morgan fingerprint density at radius 2 is 0.821 bits per heavy atom. The van der Waals surface area contributed by atoms with Crippen LogP contribution in [0.3, 0.4) is 0 Å². The first-order valence-electron chi connectivity index (χ1n) is 26.7. The summed E-state index contributed by atoms with van der Waals surface area (Å²) in [7, 11) is -4.40. The Balaban J connectivity index is 4.10. The summed E-state index contributed by atoms with van der Waals surface area (Å²) in [5, 5.41) is 0. The summed E-state index contributed by atoms with van der Waals surface area (Å²) in [5.74, 6) is -0.854. The topological polar surface area (TPSA) is 134 Å². The first-order valence-corrected chi connectivity index (χ1v) is 28.2. The van der Waals surface area contributed by atoms with Gasteiger partial charge in [-0.25, -0.2) is 4.57 Å². The van der Waals surface area contributed by atoms with Crippen LogP contribution in [-0.4, -0.2) is 49.3 Å². The molecule has 0 saturated heterocycles. The van der Waals surface area contributed by atoms with Gasteiger partial charge in [-0.3, -0.25) is 18.6 Å². The van der Waals surface area contributed by atoms with Crippen LogP contribution in [0, 0.1) is 0 Å². The lowest BCUT2D eigenvalue weighted by Crippen LogP contribution is -2.29. The van der Waals surface area contributed by atoms with E-state index in [-0.39, 0.29) is 32.6 Å². The van der Waals surface area contributed by atoms with Crippen molar-refractivity contribution in [3.63, 3.8) is 0 Å². The highest BCUT2D eigenvalue weighted by Crippen LogP contribution is 2.43. The van der Waals surface area contributed by atoms with Crippen LogP contribution in [0.15, 0.2) is 97.2 Å². The molecular weight excluding hydrogens is 858 g/mol. The summed E-state index contributed by atoms with van der Waals surface area (Å²) in [6.45, 7) is 3.59. The largest absolute Gasteiger partial charge is 0.472 e. The Hall–Kier alpha value is -3.07. The lowest BCUT2D eigenvalue weighted by Gasteiger charge is -2.19. The van der Waals surface area contributed by atoms with Crippen molar-refractivity contribution in [2.24, 2.45) is 5.73 Å². The van der Waals surface area contributed by atoms with E-state index in [1.54, 1.807) is 0 Å². The Morgan fingerprint density at radius 3 is 1.22 bits per heavy atom. The van der Waals surface area contributed by atoms with Crippen molar-refractivity contribution >= 4 is 19.8 Å². The molecule has 67 heavy (non-hydrogen) atoms. The molecular formula is C57H98NO8P. The Morgan fingerprint density at radius 1 is 0.463 bits per heavy atom. The quantitative estimate of drug-likeness (QED) is 0.0264. The van der Waals surface area contributed by atoms with Gasteiger partial charge in [0.1, 0.15) is 6.61 Å². The number of allylic oxidation sites excluding steroid dienone is 16. The van der Waals surface area contributed by atoms with Crippen molar-refractivity contribution < 1.29 is 37.6 Å². The lowest BCUT2D eigenvalue weighted by molar-refractivity contribution is -0.161. The van der Waals surface area contributed by atoms with Crippen molar-refractivity contribution in [1.82, 2.24) is 0 Å². The number of nitrogens with two attached hydrogens (primary N) is 1. The van der Waals surface area contributed by atoms with E-state index in [9.17, 15) is 19.0 Å². The predicted molar refractivity (Wildman–Crippen MR) is 284 cm³/mol.